The van der Waals surface area contributed by atoms with Crippen LogP contribution in [0.1, 0.15) is 12.8 Å². The highest BCUT2D eigenvalue weighted by Gasteiger charge is 2.40. The lowest BCUT2D eigenvalue weighted by molar-refractivity contribution is -0.0378. The predicted molar refractivity (Wildman–Crippen MR) is 47.8 cm³/mol. The fourth-order valence-electron chi connectivity index (χ4n) is 2.67. The Morgan fingerprint density at radius 3 is 3.31 bits per heavy atom. The highest BCUT2D eigenvalue weighted by atomic mass is 16.5. The van der Waals surface area contributed by atoms with Gasteiger partial charge in [-0.05, 0) is 12.8 Å². The third-order valence-corrected chi connectivity index (χ3v) is 3.41. The SMILES string of the molecule is C1COC2CC3CN=NC3CC2N1. The number of hydrogen-bond donors (Lipinski definition) is 1. The number of rotatable bonds is 0. The van der Waals surface area contributed by atoms with Crippen molar-refractivity contribution in [2.75, 3.05) is 19.7 Å². The Morgan fingerprint density at radius 2 is 2.31 bits per heavy atom. The van der Waals surface area contributed by atoms with Crippen molar-refractivity contribution in [1.82, 2.24) is 5.32 Å². The Bertz CT molecular complexity index is 231. The van der Waals surface area contributed by atoms with Crippen molar-refractivity contribution in [3.63, 3.8) is 0 Å². The first-order valence-corrected chi connectivity index (χ1v) is 5.15. The number of azo groups is 1. The largest absolute Gasteiger partial charge is 0.375 e. The summed E-state index contributed by atoms with van der Waals surface area (Å²) >= 11 is 0. The number of morpholine rings is 1. The Hall–Kier alpha value is -0.480. The maximum absolute atomic E-state index is 5.74. The highest BCUT2D eigenvalue weighted by molar-refractivity contribution is 4.97. The van der Waals surface area contributed by atoms with Gasteiger partial charge in [0.05, 0.1) is 25.3 Å². The van der Waals surface area contributed by atoms with Crippen LogP contribution in [0.2, 0.25) is 0 Å². The van der Waals surface area contributed by atoms with Crippen molar-refractivity contribution in [1.29, 1.82) is 0 Å². The summed E-state index contributed by atoms with van der Waals surface area (Å²) < 4.78 is 5.74. The molecule has 4 heteroatoms. The first-order valence-electron chi connectivity index (χ1n) is 5.15. The number of hydrogen-bond acceptors (Lipinski definition) is 4. The van der Waals surface area contributed by atoms with Gasteiger partial charge < -0.3 is 10.1 Å². The molecule has 4 atom stereocenters. The molecule has 4 unspecified atom stereocenters. The lowest BCUT2D eigenvalue weighted by Crippen LogP contribution is -2.54. The summed E-state index contributed by atoms with van der Waals surface area (Å²) in [6.45, 7) is 2.79. The minimum atomic E-state index is 0.429. The van der Waals surface area contributed by atoms with E-state index in [-0.39, 0.29) is 0 Å². The van der Waals surface area contributed by atoms with Gasteiger partial charge in [0.25, 0.3) is 0 Å². The molecule has 2 fully saturated rings. The summed E-state index contributed by atoms with van der Waals surface area (Å²) in [5, 5.41) is 11.9. The summed E-state index contributed by atoms with van der Waals surface area (Å²) in [7, 11) is 0. The zero-order chi connectivity index (χ0) is 8.67. The zero-order valence-corrected chi connectivity index (χ0v) is 7.65. The molecular weight excluding hydrogens is 166 g/mol. The second-order valence-corrected chi connectivity index (χ2v) is 4.21. The van der Waals surface area contributed by atoms with E-state index in [1.165, 1.54) is 0 Å². The average Bonchev–Trinajstić information content (AvgIpc) is 2.61. The van der Waals surface area contributed by atoms with Crippen LogP contribution in [0.4, 0.5) is 0 Å². The van der Waals surface area contributed by atoms with Crippen LogP contribution in [-0.4, -0.2) is 37.9 Å². The molecule has 1 N–H and O–H groups in total. The lowest BCUT2D eigenvalue weighted by atomic mass is 9.80. The number of fused-ring (bicyclic) bond motifs is 2. The van der Waals surface area contributed by atoms with E-state index in [1.807, 2.05) is 0 Å². The summed E-state index contributed by atoms with van der Waals surface area (Å²) in [5.41, 5.74) is 0. The van der Waals surface area contributed by atoms with Crippen LogP contribution in [0.25, 0.3) is 0 Å². The van der Waals surface area contributed by atoms with E-state index < -0.39 is 0 Å². The maximum Gasteiger partial charge on any atom is 0.0771 e. The average molecular weight is 181 g/mol. The van der Waals surface area contributed by atoms with Gasteiger partial charge in [-0.2, -0.15) is 10.2 Å². The summed E-state index contributed by atoms with van der Waals surface area (Å²) in [5.74, 6) is 0.668. The molecule has 2 aliphatic heterocycles. The molecule has 4 nitrogen and oxygen atoms in total. The summed E-state index contributed by atoms with van der Waals surface area (Å²) in [6, 6.07) is 1.02. The minimum Gasteiger partial charge on any atom is -0.375 e. The van der Waals surface area contributed by atoms with Crippen molar-refractivity contribution >= 4 is 0 Å². The molecule has 0 spiro atoms. The van der Waals surface area contributed by atoms with Gasteiger partial charge in [0.15, 0.2) is 0 Å². The van der Waals surface area contributed by atoms with Crippen LogP contribution < -0.4 is 5.32 Å². The molecule has 72 valence electrons. The van der Waals surface area contributed by atoms with Crippen molar-refractivity contribution in [3.8, 4) is 0 Å². The highest BCUT2D eigenvalue weighted by Crippen LogP contribution is 2.33. The van der Waals surface area contributed by atoms with E-state index in [0.717, 1.165) is 32.5 Å². The smallest absolute Gasteiger partial charge is 0.0771 e. The Labute approximate surface area is 77.8 Å². The molecule has 0 bridgehead atoms. The number of ether oxygens (including phenoxy) is 1. The number of nitrogens with one attached hydrogen (secondary N) is 1. The predicted octanol–water partition coefficient (Wildman–Crippen LogP) is 0.588. The van der Waals surface area contributed by atoms with E-state index in [2.05, 4.69) is 15.5 Å². The quantitative estimate of drug-likeness (QED) is 0.594. The van der Waals surface area contributed by atoms with E-state index in [4.69, 9.17) is 4.74 Å². The molecule has 0 aromatic heterocycles. The molecule has 3 rings (SSSR count). The molecule has 0 amide bonds. The first kappa shape index (κ1) is 7.88. The Kier molecular flexibility index (Phi) is 1.84. The van der Waals surface area contributed by atoms with Gasteiger partial charge in [-0.25, -0.2) is 0 Å². The molecule has 13 heavy (non-hydrogen) atoms. The fourth-order valence-corrected chi connectivity index (χ4v) is 2.67. The summed E-state index contributed by atoms with van der Waals surface area (Å²) in [6.07, 6.45) is 2.70. The Balaban J connectivity index is 1.73. The monoisotopic (exact) mass is 181 g/mol. The van der Waals surface area contributed by atoms with Crippen LogP contribution in [0, 0.1) is 5.92 Å². The van der Waals surface area contributed by atoms with E-state index >= 15 is 0 Å². The molecule has 1 aliphatic carbocycles. The van der Waals surface area contributed by atoms with Gasteiger partial charge in [0.2, 0.25) is 0 Å². The van der Waals surface area contributed by atoms with Gasteiger partial charge in [-0.3, -0.25) is 0 Å². The zero-order valence-electron chi connectivity index (χ0n) is 7.65. The van der Waals surface area contributed by atoms with Crippen LogP contribution in [0.3, 0.4) is 0 Å². The van der Waals surface area contributed by atoms with Crippen molar-refractivity contribution in [2.45, 2.75) is 31.0 Å². The summed E-state index contributed by atoms with van der Waals surface area (Å²) in [4.78, 5) is 0. The second kappa shape index (κ2) is 3.03. The van der Waals surface area contributed by atoms with E-state index in [9.17, 15) is 0 Å². The molecule has 3 aliphatic rings. The van der Waals surface area contributed by atoms with Crippen LogP contribution >= 0.6 is 0 Å². The molecule has 1 saturated carbocycles. The maximum atomic E-state index is 5.74. The van der Waals surface area contributed by atoms with Gasteiger partial charge >= 0.3 is 0 Å². The van der Waals surface area contributed by atoms with Crippen LogP contribution in [0.5, 0.6) is 0 Å². The van der Waals surface area contributed by atoms with E-state index in [0.29, 0.717) is 24.1 Å². The standard InChI is InChI=1S/C9H15N3O/c1-2-13-9-3-6-5-11-12-7(6)4-8(9)10-1/h6-10H,1-5H2. The normalized spacial score (nSPS) is 48.6. The van der Waals surface area contributed by atoms with Crippen LogP contribution in [-0.2, 0) is 4.74 Å². The molecule has 0 aromatic rings. The molecular formula is C9H15N3O. The van der Waals surface area contributed by atoms with Gasteiger partial charge in [-0.15, -0.1) is 0 Å². The molecule has 0 aromatic carbocycles. The lowest BCUT2D eigenvalue weighted by Gasteiger charge is -2.40. The first-order chi connectivity index (χ1) is 6.43. The third-order valence-electron chi connectivity index (χ3n) is 3.41. The fraction of sp³-hybridized carbons (Fsp3) is 1.00. The molecule has 1 saturated heterocycles. The topological polar surface area (TPSA) is 46.0 Å². The van der Waals surface area contributed by atoms with Gasteiger partial charge in [0, 0.05) is 18.5 Å². The second-order valence-electron chi connectivity index (χ2n) is 4.21. The van der Waals surface area contributed by atoms with Gasteiger partial charge in [-0.1, -0.05) is 0 Å². The van der Waals surface area contributed by atoms with Crippen molar-refractivity contribution in [2.24, 2.45) is 16.1 Å². The molecule has 0 radical (unpaired) electrons. The van der Waals surface area contributed by atoms with Crippen molar-refractivity contribution in [3.05, 3.63) is 0 Å². The van der Waals surface area contributed by atoms with Gasteiger partial charge in [0.1, 0.15) is 0 Å². The third kappa shape index (κ3) is 1.28. The minimum absolute atomic E-state index is 0.429. The Morgan fingerprint density at radius 1 is 1.31 bits per heavy atom. The number of nitrogens with zero attached hydrogens (tertiary/aromatic N) is 2. The van der Waals surface area contributed by atoms with Crippen LogP contribution in [0.15, 0.2) is 10.2 Å². The van der Waals surface area contributed by atoms with Crippen molar-refractivity contribution < 1.29 is 4.74 Å². The molecule has 2 heterocycles. The van der Waals surface area contributed by atoms with E-state index in [1.54, 1.807) is 0 Å².